The van der Waals surface area contributed by atoms with E-state index in [1.54, 1.807) is 51.1 Å². The summed E-state index contributed by atoms with van der Waals surface area (Å²) in [6, 6.07) is 13.9. The summed E-state index contributed by atoms with van der Waals surface area (Å²) in [5, 5.41) is 0. The molecule has 1 aromatic heterocycles. The first-order chi connectivity index (χ1) is 16.4. The van der Waals surface area contributed by atoms with Gasteiger partial charge in [-0.1, -0.05) is 48.0 Å². The van der Waals surface area contributed by atoms with Crippen molar-refractivity contribution in [2.45, 2.75) is 31.8 Å². The van der Waals surface area contributed by atoms with Gasteiger partial charge in [-0.15, -0.1) is 4.45 Å². The fourth-order valence-electron chi connectivity index (χ4n) is 3.23. The highest BCUT2D eigenvalue weighted by atomic mass is 32.2. The van der Waals surface area contributed by atoms with Gasteiger partial charge in [0.1, 0.15) is 0 Å². The van der Waals surface area contributed by atoms with Crippen molar-refractivity contribution in [3.63, 3.8) is 0 Å². The molecule has 3 rings (SSSR count). The van der Waals surface area contributed by atoms with E-state index in [9.17, 15) is 22.6 Å². The Balaban J connectivity index is 2.41. The summed E-state index contributed by atoms with van der Waals surface area (Å²) in [5.41, 5.74) is -0.164. The van der Waals surface area contributed by atoms with Crippen LogP contribution < -0.4 is 10.3 Å². The molecule has 0 amide bonds. The number of ether oxygens (including phenoxy) is 1. The van der Waals surface area contributed by atoms with Gasteiger partial charge in [-0.3, -0.25) is 18.6 Å². The Kier molecular flexibility index (Phi) is 7.71. The molecule has 0 unspecified atom stereocenters. The highest BCUT2D eigenvalue weighted by Crippen LogP contribution is 2.48. The molecular formula is C22H26N3O8PS. The summed E-state index contributed by atoms with van der Waals surface area (Å²) < 4.78 is 58.4. The quantitative estimate of drug-likeness (QED) is 0.437. The Morgan fingerprint density at radius 2 is 1.57 bits per heavy atom. The molecule has 0 aliphatic carbocycles. The molecule has 13 heteroatoms. The average Bonchev–Trinajstić information content (AvgIpc) is 3.10. The first-order valence-electron chi connectivity index (χ1n) is 10.4. The maximum absolute atomic E-state index is 13.6. The topological polar surface area (TPSA) is 135 Å². The number of aromatic nitrogens is 2. The molecule has 1 N–H and O–H groups in total. The average molecular weight is 524 g/mol. The van der Waals surface area contributed by atoms with E-state index in [0.29, 0.717) is 9.13 Å². The van der Waals surface area contributed by atoms with Crippen LogP contribution in [0.5, 0.6) is 0 Å². The van der Waals surface area contributed by atoms with Gasteiger partial charge in [0.15, 0.2) is 5.82 Å². The van der Waals surface area contributed by atoms with Crippen molar-refractivity contribution >= 4 is 29.7 Å². The van der Waals surface area contributed by atoms with Crippen LogP contribution in [0.15, 0.2) is 64.3 Å². The van der Waals surface area contributed by atoms with Crippen molar-refractivity contribution in [3.8, 4) is 11.1 Å². The Labute approximate surface area is 202 Å². The standard InChI is InChI=1S/C22H26N3O8PS/c1-15(2)33-22(27)24-20(23-35(29,30)18-13-11-16(3)12-14-18)19(17-9-7-6-8-10-17)21(26)25(24)34(28,31-4)32-5/h6-15,23H,1-5H3. The lowest BCUT2D eigenvalue weighted by Crippen LogP contribution is -2.30. The summed E-state index contributed by atoms with van der Waals surface area (Å²) in [5.74, 6) is -0.484. The number of hydrogen-bond acceptors (Lipinski definition) is 8. The van der Waals surface area contributed by atoms with E-state index in [1.807, 2.05) is 0 Å². The largest absolute Gasteiger partial charge is 0.456 e. The van der Waals surface area contributed by atoms with Gasteiger partial charge in [0.2, 0.25) is 0 Å². The van der Waals surface area contributed by atoms with Crippen LogP contribution in [0, 0.1) is 6.92 Å². The second-order valence-corrected chi connectivity index (χ2v) is 11.4. The van der Waals surface area contributed by atoms with Crippen LogP contribution in [0.1, 0.15) is 19.4 Å². The molecule has 0 aliphatic heterocycles. The number of benzene rings is 2. The van der Waals surface area contributed by atoms with Crippen molar-refractivity contribution in [1.29, 1.82) is 0 Å². The number of sulfonamides is 1. The zero-order valence-electron chi connectivity index (χ0n) is 19.8. The van der Waals surface area contributed by atoms with Gasteiger partial charge < -0.3 is 4.74 Å². The molecule has 0 radical (unpaired) electrons. The van der Waals surface area contributed by atoms with Gasteiger partial charge in [-0.25, -0.2) is 17.8 Å². The van der Waals surface area contributed by atoms with Crippen LogP contribution in [0.2, 0.25) is 0 Å². The molecule has 0 bridgehead atoms. The minimum Gasteiger partial charge on any atom is -0.445 e. The van der Waals surface area contributed by atoms with Crippen molar-refractivity contribution in [2.24, 2.45) is 0 Å². The SMILES string of the molecule is COP(=O)(OC)n1c(=O)c(-c2ccccc2)c(NS(=O)(=O)c2ccc(C)cc2)n1C(=O)OC(C)C. The number of hydrogen-bond donors (Lipinski definition) is 1. The lowest BCUT2D eigenvalue weighted by molar-refractivity contribution is 0.112. The van der Waals surface area contributed by atoms with E-state index >= 15 is 0 Å². The molecule has 3 aromatic rings. The van der Waals surface area contributed by atoms with Gasteiger partial charge in [0.05, 0.1) is 16.6 Å². The molecule has 11 nitrogen and oxygen atoms in total. The Bertz CT molecular complexity index is 1420. The monoisotopic (exact) mass is 523 g/mol. The van der Waals surface area contributed by atoms with E-state index in [-0.39, 0.29) is 16.0 Å². The van der Waals surface area contributed by atoms with Crippen molar-refractivity contribution < 1.29 is 31.6 Å². The molecule has 0 spiro atoms. The fraction of sp³-hybridized carbons (Fsp3) is 0.273. The summed E-state index contributed by atoms with van der Waals surface area (Å²) in [6.07, 6.45) is -1.82. The second kappa shape index (κ2) is 10.2. The minimum absolute atomic E-state index is 0.118. The van der Waals surface area contributed by atoms with Gasteiger partial charge in [0, 0.05) is 14.2 Å². The molecule has 0 aliphatic rings. The summed E-state index contributed by atoms with van der Waals surface area (Å²) in [7, 11) is -6.70. The molecule has 0 fully saturated rings. The van der Waals surface area contributed by atoms with Gasteiger partial charge >= 0.3 is 13.8 Å². The predicted octanol–water partition coefficient (Wildman–Crippen LogP) is 4.07. The van der Waals surface area contributed by atoms with E-state index in [4.69, 9.17) is 13.8 Å². The van der Waals surface area contributed by atoms with E-state index in [1.165, 1.54) is 24.3 Å². The zero-order valence-corrected chi connectivity index (χ0v) is 21.5. The number of rotatable bonds is 8. The smallest absolute Gasteiger partial charge is 0.445 e. The zero-order chi connectivity index (χ0) is 26.0. The molecule has 35 heavy (non-hydrogen) atoms. The van der Waals surface area contributed by atoms with Crippen LogP contribution in [0.3, 0.4) is 0 Å². The van der Waals surface area contributed by atoms with Crippen LogP contribution in [-0.2, 0) is 28.4 Å². The maximum Gasteiger partial charge on any atom is 0.456 e. The predicted molar refractivity (Wildman–Crippen MR) is 130 cm³/mol. The minimum atomic E-state index is -4.45. The number of nitrogens with one attached hydrogen (secondary N) is 1. The molecule has 1 heterocycles. The van der Waals surface area contributed by atoms with Gasteiger partial charge in [-0.05, 0) is 38.5 Å². The first-order valence-corrected chi connectivity index (χ1v) is 13.4. The lowest BCUT2D eigenvalue weighted by Gasteiger charge is -2.19. The summed E-state index contributed by atoms with van der Waals surface area (Å²) in [4.78, 5) is 26.6. The number of nitrogens with zero attached hydrogens (tertiary/aromatic N) is 2. The van der Waals surface area contributed by atoms with Crippen molar-refractivity contribution in [3.05, 3.63) is 70.5 Å². The van der Waals surface area contributed by atoms with Crippen LogP contribution in [-0.4, -0.2) is 44.0 Å². The van der Waals surface area contributed by atoms with Gasteiger partial charge in [0.25, 0.3) is 15.6 Å². The fourth-order valence-corrected chi connectivity index (χ4v) is 5.44. The van der Waals surface area contributed by atoms with Crippen molar-refractivity contribution in [2.75, 3.05) is 18.9 Å². The van der Waals surface area contributed by atoms with Crippen LogP contribution in [0.25, 0.3) is 11.1 Å². The molecule has 0 saturated carbocycles. The molecule has 0 saturated heterocycles. The Hall–Kier alpha value is -3.18. The summed E-state index contributed by atoms with van der Waals surface area (Å²) in [6.45, 7) is 4.92. The number of carbonyl (C=O) groups is 1. The highest BCUT2D eigenvalue weighted by molar-refractivity contribution is 7.92. The molecule has 2 aromatic carbocycles. The molecular weight excluding hydrogens is 497 g/mol. The number of carbonyl (C=O) groups excluding carboxylic acids is 1. The lowest BCUT2D eigenvalue weighted by atomic mass is 10.1. The third-order valence-electron chi connectivity index (χ3n) is 4.86. The van der Waals surface area contributed by atoms with Crippen molar-refractivity contribution in [1.82, 2.24) is 9.13 Å². The molecule has 0 atom stereocenters. The Morgan fingerprint density at radius 1 is 1.00 bits per heavy atom. The normalized spacial score (nSPS) is 12.1. The number of anilines is 1. The third-order valence-corrected chi connectivity index (χ3v) is 7.96. The summed E-state index contributed by atoms with van der Waals surface area (Å²) >= 11 is 0. The van der Waals surface area contributed by atoms with Crippen LogP contribution >= 0.6 is 7.75 Å². The second-order valence-electron chi connectivity index (χ2n) is 7.68. The maximum atomic E-state index is 13.6. The Morgan fingerprint density at radius 3 is 2.09 bits per heavy atom. The van der Waals surface area contributed by atoms with Crippen LogP contribution in [0.4, 0.5) is 10.6 Å². The third kappa shape index (κ3) is 5.25. The van der Waals surface area contributed by atoms with E-state index in [2.05, 4.69) is 4.72 Å². The van der Waals surface area contributed by atoms with E-state index in [0.717, 1.165) is 19.8 Å². The first kappa shape index (κ1) is 26.4. The van der Waals surface area contributed by atoms with E-state index < -0.39 is 41.3 Å². The highest BCUT2D eigenvalue weighted by Gasteiger charge is 2.39. The number of aryl methyl sites for hydroxylation is 1. The van der Waals surface area contributed by atoms with Gasteiger partial charge in [-0.2, -0.15) is 4.68 Å². The molecule has 188 valence electrons.